The van der Waals surface area contributed by atoms with Crippen molar-refractivity contribution in [3.05, 3.63) is 35.6 Å². The van der Waals surface area contributed by atoms with Crippen molar-refractivity contribution in [3.8, 4) is 11.3 Å². The largest absolute Gasteiger partial charge is 0.363 e. The predicted octanol–water partition coefficient (Wildman–Crippen LogP) is 2.58. The van der Waals surface area contributed by atoms with Crippen LogP contribution in [0.2, 0.25) is 0 Å². The van der Waals surface area contributed by atoms with E-state index in [4.69, 9.17) is 15.7 Å². The van der Waals surface area contributed by atoms with Crippen LogP contribution in [-0.4, -0.2) is 41.1 Å². The number of aromatic nitrogens is 1. The number of rotatable bonds is 4. The maximum absolute atomic E-state index is 11.1. The molecule has 0 aliphatic carbocycles. The number of nitrogens with zero attached hydrogens (tertiary/aromatic N) is 2. The molecule has 6 nitrogen and oxygen atoms in total. The first-order valence-corrected chi connectivity index (χ1v) is 8.61. The summed E-state index contributed by atoms with van der Waals surface area (Å²) >= 11 is 1.57. The number of hydrogen-bond acceptors (Lipinski definition) is 5. The Morgan fingerprint density at radius 1 is 1.35 bits per heavy atom. The fraction of sp³-hybridized carbons (Fsp3) is 0.312. The second kappa shape index (κ2) is 6.45. The second-order valence-corrected chi connectivity index (χ2v) is 6.25. The van der Waals surface area contributed by atoms with Crippen molar-refractivity contribution in [1.29, 1.82) is 5.41 Å². The van der Waals surface area contributed by atoms with Crippen LogP contribution in [0.1, 0.15) is 29.0 Å². The van der Waals surface area contributed by atoms with Crippen LogP contribution in [0.15, 0.2) is 33.7 Å². The van der Waals surface area contributed by atoms with Crippen LogP contribution in [0.3, 0.4) is 0 Å². The maximum Gasteiger partial charge on any atom is 0.287 e. The van der Waals surface area contributed by atoms with Crippen LogP contribution in [0.25, 0.3) is 11.3 Å². The number of benzene rings is 1. The number of amidine groups is 1. The first-order valence-electron chi connectivity index (χ1n) is 7.39. The number of likely N-dealkylation sites (tertiary alicyclic amines) is 1. The number of primary amides is 1. The van der Waals surface area contributed by atoms with Crippen molar-refractivity contribution in [3.63, 3.8) is 0 Å². The van der Waals surface area contributed by atoms with E-state index in [-0.39, 0.29) is 5.76 Å². The Balaban J connectivity index is 1.92. The van der Waals surface area contributed by atoms with E-state index < -0.39 is 5.91 Å². The zero-order valence-electron chi connectivity index (χ0n) is 12.8. The minimum Gasteiger partial charge on any atom is -0.363 e. The summed E-state index contributed by atoms with van der Waals surface area (Å²) in [5, 5.41) is 12.3. The minimum absolute atomic E-state index is 0.0425. The van der Waals surface area contributed by atoms with Gasteiger partial charge >= 0.3 is 0 Å². The fourth-order valence-corrected chi connectivity index (χ4v) is 3.33. The van der Waals surface area contributed by atoms with Gasteiger partial charge < -0.3 is 15.2 Å². The van der Waals surface area contributed by atoms with Crippen molar-refractivity contribution < 1.29 is 9.32 Å². The van der Waals surface area contributed by atoms with E-state index in [2.05, 4.69) is 10.1 Å². The van der Waals surface area contributed by atoms with Crippen LogP contribution >= 0.6 is 11.8 Å². The van der Waals surface area contributed by atoms with Gasteiger partial charge in [-0.3, -0.25) is 10.2 Å². The molecular weight excluding hydrogens is 312 g/mol. The first kappa shape index (κ1) is 15.6. The standard InChI is InChI=1S/C16H18N4O2S/c1-23-14-8-10(15(17)20-6-2-3-7-20)4-5-11(14)12-9-13(16(18)21)22-19-12/h4-5,8-9,17H,2-3,6-7H2,1H3,(H2,18,21). The number of carbonyl (C=O) groups excluding carboxylic acids is 1. The smallest absolute Gasteiger partial charge is 0.287 e. The molecule has 0 saturated carbocycles. The summed E-state index contributed by atoms with van der Waals surface area (Å²) in [7, 11) is 0. The molecule has 0 spiro atoms. The summed E-state index contributed by atoms with van der Waals surface area (Å²) in [4.78, 5) is 14.2. The highest BCUT2D eigenvalue weighted by Gasteiger charge is 2.19. The van der Waals surface area contributed by atoms with Crippen LogP contribution in [0.5, 0.6) is 0 Å². The third-order valence-electron chi connectivity index (χ3n) is 3.93. The van der Waals surface area contributed by atoms with Gasteiger partial charge in [-0.1, -0.05) is 17.3 Å². The Labute approximate surface area is 138 Å². The SMILES string of the molecule is CSc1cc(C(=N)N2CCCC2)ccc1-c1cc(C(N)=O)on1. The molecular formula is C16H18N4O2S. The molecule has 1 fully saturated rings. The van der Waals surface area contributed by atoms with E-state index in [0.29, 0.717) is 11.5 Å². The lowest BCUT2D eigenvalue weighted by atomic mass is 10.1. The predicted molar refractivity (Wildman–Crippen MR) is 89.9 cm³/mol. The van der Waals surface area contributed by atoms with E-state index >= 15 is 0 Å². The number of nitrogens with one attached hydrogen (secondary N) is 1. The Bertz CT molecular complexity index is 750. The molecule has 3 rings (SSSR count). The lowest BCUT2D eigenvalue weighted by Crippen LogP contribution is -2.27. The molecule has 1 saturated heterocycles. The van der Waals surface area contributed by atoms with Gasteiger partial charge in [-0.15, -0.1) is 11.8 Å². The van der Waals surface area contributed by atoms with Crippen molar-refractivity contribution in [1.82, 2.24) is 10.1 Å². The molecule has 0 bridgehead atoms. The Kier molecular flexibility index (Phi) is 4.38. The molecule has 0 atom stereocenters. The zero-order chi connectivity index (χ0) is 16.4. The summed E-state index contributed by atoms with van der Waals surface area (Å²) in [6, 6.07) is 7.35. The summed E-state index contributed by atoms with van der Waals surface area (Å²) < 4.78 is 4.95. The highest BCUT2D eigenvalue weighted by molar-refractivity contribution is 7.98. The lowest BCUT2D eigenvalue weighted by Gasteiger charge is -2.19. The van der Waals surface area contributed by atoms with Gasteiger partial charge in [0.1, 0.15) is 11.5 Å². The highest BCUT2D eigenvalue weighted by atomic mass is 32.2. The Hall–Kier alpha value is -2.28. The molecule has 7 heteroatoms. The van der Waals surface area contributed by atoms with E-state index in [1.807, 2.05) is 24.5 Å². The molecule has 0 unspecified atom stereocenters. The number of nitrogens with two attached hydrogens (primary N) is 1. The van der Waals surface area contributed by atoms with Gasteiger partial charge in [-0.2, -0.15) is 0 Å². The van der Waals surface area contributed by atoms with E-state index in [1.165, 1.54) is 0 Å². The molecule has 120 valence electrons. The molecule has 3 N–H and O–H groups in total. The van der Waals surface area contributed by atoms with Gasteiger partial charge in [-0.25, -0.2) is 0 Å². The normalized spacial score (nSPS) is 14.2. The third-order valence-corrected chi connectivity index (χ3v) is 4.70. The van der Waals surface area contributed by atoms with E-state index in [0.717, 1.165) is 42.0 Å². The minimum atomic E-state index is -0.637. The number of thioether (sulfide) groups is 1. The molecule has 0 radical (unpaired) electrons. The molecule has 1 aromatic carbocycles. The van der Waals surface area contributed by atoms with Crippen LogP contribution in [0, 0.1) is 5.41 Å². The van der Waals surface area contributed by atoms with Crippen molar-refractivity contribution >= 4 is 23.5 Å². The van der Waals surface area contributed by atoms with Crippen LogP contribution < -0.4 is 5.73 Å². The van der Waals surface area contributed by atoms with Gasteiger partial charge in [0.2, 0.25) is 5.76 Å². The molecule has 23 heavy (non-hydrogen) atoms. The van der Waals surface area contributed by atoms with Gasteiger partial charge in [0.05, 0.1) is 0 Å². The molecule has 1 aromatic heterocycles. The average molecular weight is 330 g/mol. The van der Waals surface area contributed by atoms with E-state index in [1.54, 1.807) is 17.8 Å². The highest BCUT2D eigenvalue weighted by Crippen LogP contribution is 2.31. The monoisotopic (exact) mass is 330 g/mol. The number of carbonyl (C=O) groups is 1. The van der Waals surface area contributed by atoms with Crippen LogP contribution in [-0.2, 0) is 0 Å². The number of hydrogen-bond donors (Lipinski definition) is 2. The fourth-order valence-electron chi connectivity index (χ4n) is 2.69. The summed E-state index contributed by atoms with van der Waals surface area (Å²) in [5.41, 5.74) is 7.52. The Morgan fingerprint density at radius 2 is 2.09 bits per heavy atom. The van der Waals surface area contributed by atoms with Gasteiger partial charge in [0, 0.05) is 35.2 Å². The van der Waals surface area contributed by atoms with Gasteiger partial charge in [0.15, 0.2) is 0 Å². The Morgan fingerprint density at radius 3 is 2.70 bits per heavy atom. The van der Waals surface area contributed by atoms with Gasteiger partial charge in [-0.05, 0) is 25.2 Å². The summed E-state index contributed by atoms with van der Waals surface area (Å²) in [6.07, 6.45) is 4.26. The third kappa shape index (κ3) is 3.10. The van der Waals surface area contributed by atoms with Gasteiger partial charge in [0.25, 0.3) is 5.91 Å². The summed E-state index contributed by atoms with van der Waals surface area (Å²) in [6.45, 7) is 1.89. The number of amides is 1. The molecule has 1 amide bonds. The summed E-state index contributed by atoms with van der Waals surface area (Å²) in [5.74, 6) is -0.0369. The first-order chi connectivity index (χ1) is 11.1. The topological polar surface area (TPSA) is 96.2 Å². The lowest BCUT2D eigenvalue weighted by molar-refractivity contribution is 0.0965. The second-order valence-electron chi connectivity index (χ2n) is 5.40. The molecule has 2 heterocycles. The van der Waals surface area contributed by atoms with Crippen molar-refractivity contribution in [2.24, 2.45) is 5.73 Å². The molecule has 1 aliphatic heterocycles. The van der Waals surface area contributed by atoms with E-state index in [9.17, 15) is 4.79 Å². The molecule has 1 aliphatic rings. The van der Waals surface area contributed by atoms with Crippen LogP contribution in [0.4, 0.5) is 0 Å². The quantitative estimate of drug-likeness (QED) is 0.510. The van der Waals surface area contributed by atoms with Crippen molar-refractivity contribution in [2.75, 3.05) is 19.3 Å². The molecule has 2 aromatic rings. The van der Waals surface area contributed by atoms with Crippen molar-refractivity contribution in [2.45, 2.75) is 17.7 Å². The zero-order valence-corrected chi connectivity index (χ0v) is 13.7. The average Bonchev–Trinajstić information content (AvgIpc) is 3.25. The maximum atomic E-state index is 11.1.